The van der Waals surface area contributed by atoms with Gasteiger partial charge in [0.25, 0.3) is 0 Å². The average molecular weight is 294 g/mol. The minimum Gasteiger partial charge on any atom is -0.312 e. The minimum absolute atomic E-state index is 0.877. The largest absolute Gasteiger partial charge is 0.312 e. The Morgan fingerprint density at radius 2 is 1.95 bits per heavy atom. The van der Waals surface area contributed by atoms with E-state index in [0.717, 1.165) is 24.0 Å². The average Bonchev–Trinajstić information content (AvgIpc) is 2.78. The molecule has 0 radical (unpaired) electrons. The van der Waals surface area contributed by atoms with Crippen LogP contribution in [-0.2, 0) is 6.54 Å². The lowest BCUT2D eigenvalue weighted by atomic mass is 9.89. The maximum absolute atomic E-state index is 6.45. The number of hydrogen-bond acceptors (Lipinski definition) is 2. The number of rotatable bonds is 4. The standard InChI is InChI=1S/C16H20ClNS/c17-16-13-8-4-5-9-14(13)19-15(16)11-18-10-12-6-2-1-3-7-12/h4-5,8-9,12,18H,1-3,6-7,10-11H2. The summed E-state index contributed by atoms with van der Waals surface area (Å²) in [4.78, 5) is 1.28. The summed E-state index contributed by atoms with van der Waals surface area (Å²) in [5, 5.41) is 5.74. The molecule has 1 nitrogen and oxygen atoms in total. The van der Waals surface area contributed by atoms with Crippen LogP contribution in [0.4, 0.5) is 0 Å². The lowest BCUT2D eigenvalue weighted by Gasteiger charge is -2.21. The molecule has 3 rings (SSSR count). The predicted octanol–water partition coefficient (Wildman–Crippen LogP) is 5.22. The number of halogens is 1. The normalized spacial score (nSPS) is 17.1. The third kappa shape index (κ3) is 3.13. The Kier molecular flexibility index (Phi) is 4.42. The number of fused-ring (bicyclic) bond motifs is 1. The van der Waals surface area contributed by atoms with Crippen molar-refractivity contribution in [3.05, 3.63) is 34.2 Å². The van der Waals surface area contributed by atoms with Crippen LogP contribution in [0.5, 0.6) is 0 Å². The fourth-order valence-electron chi connectivity index (χ4n) is 2.96. The van der Waals surface area contributed by atoms with Gasteiger partial charge in [0, 0.05) is 21.5 Å². The van der Waals surface area contributed by atoms with Crippen LogP contribution < -0.4 is 5.32 Å². The molecule has 1 fully saturated rings. The van der Waals surface area contributed by atoms with Crippen molar-refractivity contribution < 1.29 is 0 Å². The number of nitrogens with one attached hydrogen (secondary N) is 1. The van der Waals surface area contributed by atoms with Gasteiger partial charge in [0.2, 0.25) is 0 Å². The lowest BCUT2D eigenvalue weighted by Crippen LogP contribution is -2.23. The van der Waals surface area contributed by atoms with Crippen molar-refractivity contribution in [3.8, 4) is 0 Å². The van der Waals surface area contributed by atoms with Crippen molar-refractivity contribution in [3.63, 3.8) is 0 Å². The quantitative estimate of drug-likeness (QED) is 0.814. The van der Waals surface area contributed by atoms with Crippen molar-refractivity contribution in [2.45, 2.75) is 38.6 Å². The molecule has 0 aliphatic heterocycles. The maximum atomic E-state index is 6.45. The van der Waals surface area contributed by atoms with Crippen LogP contribution in [0.3, 0.4) is 0 Å². The fourth-order valence-corrected chi connectivity index (χ4v) is 4.43. The molecule has 0 atom stereocenters. The highest BCUT2D eigenvalue weighted by atomic mass is 35.5. The SMILES string of the molecule is Clc1c(CNCC2CCCCC2)sc2ccccc12. The molecule has 0 unspecified atom stereocenters. The van der Waals surface area contributed by atoms with Crippen molar-refractivity contribution in [1.29, 1.82) is 0 Å². The second-order valence-corrected chi connectivity index (χ2v) is 6.99. The maximum Gasteiger partial charge on any atom is 0.0636 e. The molecule has 0 amide bonds. The summed E-state index contributed by atoms with van der Waals surface area (Å²) in [6, 6.07) is 8.39. The molecule has 0 saturated heterocycles. The van der Waals surface area contributed by atoms with Gasteiger partial charge in [0.1, 0.15) is 0 Å². The molecule has 0 spiro atoms. The summed E-state index contributed by atoms with van der Waals surface area (Å²) in [5.74, 6) is 0.877. The monoisotopic (exact) mass is 293 g/mol. The zero-order chi connectivity index (χ0) is 13.1. The summed E-state index contributed by atoms with van der Waals surface area (Å²) in [6.45, 7) is 2.05. The van der Waals surface area contributed by atoms with Crippen LogP contribution in [0.25, 0.3) is 10.1 Å². The summed E-state index contributed by atoms with van der Waals surface area (Å²) in [7, 11) is 0. The highest BCUT2D eigenvalue weighted by Gasteiger charge is 2.14. The lowest BCUT2D eigenvalue weighted by molar-refractivity contribution is 0.342. The molecule has 1 aromatic carbocycles. The van der Waals surface area contributed by atoms with E-state index < -0.39 is 0 Å². The number of hydrogen-bond donors (Lipinski definition) is 1. The van der Waals surface area contributed by atoms with Crippen LogP contribution in [-0.4, -0.2) is 6.54 Å². The van der Waals surface area contributed by atoms with Gasteiger partial charge in [-0.3, -0.25) is 0 Å². The van der Waals surface area contributed by atoms with Crippen molar-refractivity contribution in [2.75, 3.05) is 6.54 Å². The second-order valence-electron chi connectivity index (χ2n) is 5.47. The van der Waals surface area contributed by atoms with Gasteiger partial charge in [-0.05, 0) is 31.4 Å². The first-order valence-corrected chi connectivity index (χ1v) is 8.40. The third-order valence-corrected chi connectivity index (χ3v) is 5.76. The molecule has 1 aromatic heterocycles. The first-order chi connectivity index (χ1) is 9.34. The van der Waals surface area contributed by atoms with Gasteiger partial charge < -0.3 is 5.32 Å². The van der Waals surface area contributed by atoms with E-state index in [1.165, 1.54) is 47.1 Å². The van der Waals surface area contributed by atoms with Crippen LogP contribution in [0, 0.1) is 5.92 Å². The summed E-state index contributed by atoms with van der Waals surface area (Å²) < 4.78 is 1.29. The summed E-state index contributed by atoms with van der Waals surface area (Å²) >= 11 is 8.27. The molecule has 3 heteroatoms. The van der Waals surface area contributed by atoms with E-state index in [9.17, 15) is 0 Å². The Morgan fingerprint density at radius 1 is 1.16 bits per heavy atom. The van der Waals surface area contributed by atoms with E-state index in [-0.39, 0.29) is 0 Å². The minimum atomic E-state index is 0.877. The zero-order valence-electron chi connectivity index (χ0n) is 11.1. The molecule has 102 valence electrons. The van der Waals surface area contributed by atoms with E-state index in [1.807, 2.05) is 11.3 Å². The Bertz CT molecular complexity index is 543. The molecule has 1 aliphatic carbocycles. The van der Waals surface area contributed by atoms with Gasteiger partial charge in [-0.15, -0.1) is 11.3 Å². The smallest absolute Gasteiger partial charge is 0.0636 e. The van der Waals surface area contributed by atoms with Gasteiger partial charge in [-0.1, -0.05) is 49.1 Å². The Labute approximate surface area is 124 Å². The first kappa shape index (κ1) is 13.4. The zero-order valence-corrected chi connectivity index (χ0v) is 12.7. The Balaban J connectivity index is 1.60. The van der Waals surface area contributed by atoms with Crippen molar-refractivity contribution in [2.24, 2.45) is 5.92 Å². The highest BCUT2D eigenvalue weighted by molar-refractivity contribution is 7.19. The molecule has 1 saturated carbocycles. The van der Waals surface area contributed by atoms with Gasteiger partial charge in [-0.2, -0.15) is 0 Å². The van der Waals surface area contributed by atoms with Crippen molar-refractivity contribution in [1.82, 2.24) is 5.32 Å². The topological polar surface area (TPSA) is 12.0 Å². The Hall–Kier alpha value is -0.570. The molecule has 0 bridgehead atoms. The van der Waals surface area contributed by atoms with Crippen LogP contribution in [0.15, 0.2) is 24.3 Å². The van der Waals surface area contributed by atoms with Crippen LogP contribution in [0.2, 0.25) is 5.02 Å². The third-order valence-electron chi connectivity index (χ3n) is 4.04. The number of benzene rings is 1. The molecular formula is C16H20ClNS. The molecule has 1 aliphatic rings. The first-order valence-electron chi connectivity index (χ1n) is 7.21. The van der Waals surface area contributed by atoms with Crippen molar-refractivity contribution >= 4 is 33.0 Å². The molecule has 19 heavy (non-hydrogen) atoms. The van der Waals surface area contributed by atoms with Crippen LogP contribution in [0.1, 0.15) is 37.0 Å². The molecular weight excluding hydrogens is 274 g/mol. The molecule has 1 heterocycles. The molecule has 1 N–H and O–H groups in total. The Morgan fingerprint density at radius 3 is 2.74 bits per heavy atom. The van der Waals surface area contributed by atoms with E-state index >= 15 is 0 Å². The predicted molar refractivity (Wildman–Crippen MR) is 85.1 cm³/mol. The summed E-state index contributed by atoms with van der Waals surface area (Å²) in [5.41, 5.74) is 0. The second kappa shape index (κ2) is 6.25. The van der Waals surface area contributed by atoms with Crippen LogP contribution >= 0.6 is 22.9 Å². The highest BCUT2D eigenvalue weighted by Crippen LogP contribution is 2.35. The van der Waals surface area contributed by atoms with Gasteiger partial charge in [0.15, 0.2) is 0 Å². The molecule has 2 aromatic rings. The van der Waals surface area contributed by atoms with Gasteiger partial charge >= 0.3 is 0 Å². The fraction of sp³-hybridized carbons (Fsp3) is 0.500. The van der Waals surface area contributed by atoms with E-state index in [4.69, 9.17) is 11.6 Å². The summed E-state index contributed by atoms with van der Waals surface area (Å²) in [6.07, 6.45) is 7.05. The van der Waals surface area contributed by atoms with E-state index in [2.05, 4.69) is 29.6 Å². The van der Waals surface area contributed by atoms with E-state index in [0.29, 0.717) is 0 Å². The van der Waals surface area contributed by atoms with Gasteiger partial charge in [-0.25, -0.2) is 0 Å². The number of thiophene rings is 1. The van der Waals surface area contributed by atoms with E-state index in [1.54, 1.807) is 0 Å². The van der Waals surface area contributed by atoms with Gasteiger partial charge in [0.05, 0.1) is 5.02 Å².